The van der Waals surface area contributed by atoms with Gasteiger partial charge in [-0.05, 0) is 41.1 Å². The Hall–Kier alpha value is -4.34. The zero-order valence-electron chi connectivity index (χ0n) is 16.4. The summed E-state index contributed by atoms with van der Waals surface area (Å²) in [5.41, 5.74) is 11.4. The predicted molar refractivity (Wildman–Crippen MR) is 116 cm³/mol. The largest absolute Gasteiger partial charge is 0.416 e. The molecule has 0 bridgehead atoms. The number of nitrogens with zero attached hydrogens (tertiary/aromatic N) is 2. The highest BCUT2D eigenvalue weighted by atomic mass is 19.4. The molecule has 1 aromatic heterocycles. The van der Waals surface area contributed by atoms with Crippen molar-refractivity contribution in [3.63, 3.8) is 0 Å². The van der Waals surface area contributed by atoms with Gasteiger partial charge in [0, 0.05) is 11.3 Å². The Bertz CT molecular complexity index is 1270. The summed E-state index contributed by atoms with van der Waals surface area (Å²) in [5.74, 6) is -0.0956. The number of aromatic nitrogens is 2. The van der Waals surface area contributed by atoms with E-state index in [2.05, 4.69) is 26.1 Å². The number of fused-ring (bicyclic) bond motifs is 1. The molecule has 7 nitrogen and oxygen atoms in total. The van der Waals surface area contributed by atoms with Crippen LogP contribution in [0.2, 0.25) is 0 Å². The zero-order valence-corrected chi connectivity index (χ0v) is 16.4. The van der Waals surface area contributed by atoms with Gasteiger partial charge in [-0.15, -0.1) is 0 Å². The molecule has 5 N–H and O–H groups in total. The predicted octanol–water partition coefficient (Wildman–Crippen LogP) is 4.73. The van der Waals surface area contributed by atoms with E-state index in [-0.39, 0.29) is 17.3 Å². The lowest BCUT2D eigenvalue weighted by molar-refractivity contribution is -0.137. The lowest BCUT2D eigenvalue weighted by atomic mass is 10.0. The van der Waals surface area contributed by atoms with Crippen molar-refractivity contribution in [2.24, 2.45) is 0 Å². The molecule has 3 aromatic carbocycles. The minimum atomic E-state index is -4.42. The molecule has 162 valence electrons. The highest BCUT2D eigenvalue weighted by molar-refractivity contribution is 6.07. The molecule has 0 atom stereocenters. The van der Waals surface area contributed by atoms with Crippen molar-refractivity contribution in [3.05, 3.63) is 84.2 Å². The van der Waals surface area contributed by atoms with Gasteiger partial charge in [-0.1, -0.05) is 36.4 Å². The van der Waals surface area contributed by atoms with Crippen LogP contribution in [0.25, 0.3) is 10.8 Å². The van der Waals surface area contributed by atoms with Crippen molar-refractivity contribution in [2.75, 3.05) is 16.5 Å². The van der Waals surface area contributed by atoms with Crippen LogP contribution in [0.1, 0.15) is 15.9 Å². The molecule has 0 spiro atoms. The van der Waals surface area contributed by atoms with Crippen molar-refractivity contribution in [2.45, 2.75) is 6.18 Å². The Morgan fingerprint density at radius 3 is 2.31 bits per heavy atom. The van der Waals surface area contributed by atoms with Gasteiger partial charge in [0.1, 0.15) is 12.0 Å². The normalized spacial score (nSPS) is 11.2. The monoisotopic (exact) mass is 438 g/mol. The highest BCUT2D eigenvalue weighted by Gasteiger charge is 2.30. The molecule has 0 saturated carbocycles. The Morgan fingerprint density at radius 1 is 0.875 bits per heavy atom. The summed E-state index contributed by atoms with van der Waals surface area (Å²) in [6.07, 6.45) is -3.22. The molecule has 32 heavy (non-hydrogen) atoms. The van der Waals surface area contributed by atoms with Crippen LogP contribution in [0.4, 0.5) is 36.2 Å². The maximum Gasteiger partial charge on any atom is 0.416 e. The molecule has 10 heteroatoms. The molecule has 4 aromatic rings. The SMILES string of the molecule is Nc1c(NNC(=O)c2cccc3ccccc23)ncnc1Nc1ccc(C(F)(F)F)cc1. The fraction of sp³-hybridized carbons (Fsp3) is 0.0455. The molecular formula is C22H17F3N6O. The van der Waals surface area contributed by atoms with Crippen LogP contribution < -0.4 is 21.9 Å². The smallest absolute Gasteiger partial charge is 0.393 e. The van der Waals surface area contributed by atoms with Crippen molar-refractivity contribution >= 4 is 39.7 Å². The quantitative estimate of drug-likeness (QED) is 0.336. The van der Waals surface area contributed by atoms with Gasteiger partial charge in [0.2, 0.25) is 0 Å². The number of anilines is 4. The fourth-order valence-electron chi connectivity index (χ4n) is 3.08. The number of rotatable bonds is 5. The van der Waals surface area contributed by atoms with Crippen LogP contribution in [0, 0.1) is 0 Å². The first kappa shape index (κ1) is 20.9. The second-order valence-corrected chi connectivity index (χ2v) is 6.79. The summed E-state index contributed by atoms with van der Waals surface area (Å²) in [6, 6.07) is 17.3. The van der Waals surface area contributed by atoms with Crippen LogP contribution in [-0.4, -0.2) is 15.9 Å². The first-order valence-electron chi connectivity index (χ1n) is 9.42. The summed E-state index contributed by atoms with van der Waals surface area (Å²) in [5, 5.41) is 4.55. The molecule has 1 amide bonds. The maximum absolute atomic E-state index is 12.7. The van der Waals surface area contributed by atoms with E-state index in [1.54, 1.807) is 12.1 Å². The molecule has 0 aliphatic rings. The topological polar surface area (TPSA) is 105 Å². The Labute approximate surface area is 180 Å². The van der Waals surface area contributed by atoms with Gasteiger partial charge in [-0.3, -0.25) is 15.6 Å². The molecule has 0 unspecified atom stereocenters. The number of halogens is 3. The number of nitrogens with one attached hydrogen (secondary N) is 3. The van der Waals surface area contributed by atoms with E-state index in [0.29, 0.717) is 11.3 Å². The average Bonchev–Trinajstić information content (AvgIpc) is 2.79. The van der Waals surface area contributed by atoms with Crippen molar-refractivity contribution in [1.29, 1.82) is 0 Å². The number of hydrogen-bond acceptors (Lipinski definition) is 6. The summed E-state index contributed by atoms with van der Waals surface area (Å²) in [6.45, 7) is 0. The van der Waals surface area contributed by atoms with Crippen molar-refractivity contribution in [1.82, 2.24) is 15.4 Å². The molecular weight excluding hydrogens is 421 g/mol. The van der Waals surface area contributed by atoms with Crippen LogP contribution in [0.5, 0.6) is 0 Å². The molecule has 0 radical (unpaired) electrons. The van der Waals surface area contributed by atoms with Crippen LogP contribution >= 0.6 is 0 Å². The molecule has 0 fully saturated rings. The number of nitrogen functional groups attached to an aromatic ring is 1. The average molecular weight is 438 g/mol. The zero-order chi connectivity index (χ0) is 22.7. The number of alkyl halides is 3. The summed E-state index contributed by atoms with van der Waals surface area (Å²) < 4.78 is 38.2. The summed E-state index contributed by atoms with van der Waals surface area (Å²) in [4.78, 5) is 20.7. The van der Waals surface area contributed by atoms with E-state index >= 15 is 0 Å². The molecule has 0 aliphatic heterocycles. The third kappa shape index (κ3) is 4.38. The Balaban J connectivity index is 1.48. The van der Waals surface area contributed by atoms with E-state index in [1.165, 1.54) is 18.5 Å². The lowest BCUT2D eigenvalue weighted by Crippen LogP contribution is -2.30. The van der Waals surface area contributed by atoms with Gasteiger partial charge in [0.05, 0.1) is 5.56 Å². The minimum Gasteiger partial charge on any atom is -0.393 e. The lowest BCUT2D eigenvalue weighted by Gasteiger charge is -2.14. The molecule has 1 heterocycles. The number of hydrogen-bond donors (Lipinski definition) is 4. The molecule has 0 aliphatic carbocycles. The molecule has 4 rings (SSSR count). The number of nitrogens with two attached hydrogens (primary N) is 1. The number of benzene rings is 3. The van der Waals surface area contributed by atoms with E-state index < -0.39 is 17.6 Å². The second kappa shape index (κ2) is 8.42. The third-order valence-corrected chi connectivity index (χ3v) is 4.69. The van der Waals surface area contributed by atoms with Gasteiger partial charge in [-0.25, -0.2) is 9.97 Å². The van der Waals surface area contributed by atoms with Gasteiger partial charge < -0.3 is 11.1 Å². The standard InChI is InChI=1S/C22H17F3N6O/c23-22(24,25)14-8-10-15(11-9-14)29-19-18(26)20(28-12-27-19)30-31-21(32)17-7-3-5-13-4-1-2-6-16(13)17/h1-12H,26H2,(H,31,32)(H2,27,28,29,30). The van der Waals surface area contributed by atoms with Gasteiger partial charge in [0.15, 0.2) is 11.6 Å². The first-order chi connectivity index (χ1) is 15.3. The van der Waals surface area contributed by atoms with Gasteiger partial charge in [0.25, 0.3) is 5.91 Å². The Kier molecular flexibility index (Phi) is 5.50. The summed E-state index contributed by atoms with van der Waals surface area (Å²) in [7, 11) is 0. The number of hydrazine groups is 1. The second-order valence-electron chi connectivity index (χ2n) is 6.79. The number of carbonyl (C=O) groups excluding carboxylic acids is 1. The molecule has 0 saturated heterocycles. The van der Waals surface area contributed by atoms with Crippen molar-refractivity contribution < 1.29 is 18.0 Å². The highest BCUT2D eigenvalue weighted by Crippen LogP contribution is 2.31. The fourth-order valence-corrected chi connectivity index (χ4v) is 3.08. The van der Waals surface area contributed by atoms with Crippen LogP contribution in [0.3, 0.4) is 0 Å². The van der Waals surface area contributed by atoms with Crippen LogP contribution in [0.15, 0.2) is 73.1 Å². The van der Waals surface area contributed by atoms with Gasteiger partial charge >= 0.3 is 6.18 Å². The van der Waals surface area contributed by atoms with E-state index in [1.807, 2.05) is 30.3 Å². The summed E-state index contributed by atoms with van der Waals surface area (Å²) >= 11 is 0. The minimum absolute atomic E-state index is 0.0746. The van der Waals surface area contributed by atoms with Crippen LogP contribution in [-0.2, 0) is 6.18 Å². The Morgan fingerprint density at radius 2 is 1.56 bits per heavy atom. The van der Waals surface area contributed by atoms with Gasteiger partial charge in [-0.2, -0.15) is 13.2 Å². The van der Waals surface area contributed by atoms with E-state index in [0.717, 1.165) is 22.9 Å². The first-order valence-corrected chi connectivity index (χ1v) is 9.42. The number of amides is 1. The third-order valence-electron chi connectivity index (χ3n) is 4.69. The van der Waals surface area contributed by atoms with E-state index in [4.69, 9.17) is 5.73 Å². The number of carbonyl (C=O) groups is 1. The maximum atomic E-state index is 12.7. The van der Waals surface area contributed by atoms with E-state index in [9.17, 15) is 18.0 Å². The van der Waals surface area contributed by atoms with Crippen molar-refractivity contribution in [3.8, 4) is 0 Å².